The van der Waals surface area contributed by atoms with Gasteiger partial charge in [-0.1, -0.05) is 6.07 Å². The lowest BCUT2D eigenvalue weighted by molar-refractivity contribution is -0.140. The number of morpholine rings is 1. The van der Waals surface area contributed by atoms with Gasteiger partial charge in [-0.3, -0.25) is 9.78 Å². The molecule has 2 aliphatic rings. The third-order valence-corrected chi connectivity index (χ3v) is 5.74. The number of amides is 1. The summed E-state index contributed by atoms with van der Waals surface area (Å²) in [4.78, 5) is 18.6. The first-order chi connectivity index (χ1) is 16.6. The monoisotopic (exact) mass is 499 g/mol. The number of carbonyl (C=O) groups is 1. The minimum atomic E-state index is -4.97. The van der Waals surface area contributed by atoms with E-state index in [2.05, 4.69) is 19.9 Å². The predicted octanol–water partition coefficient (Wildman–Crippen LogP) is 3.70. The number of pyridine rings is 1. The second kappa shape index (κ2) is 8.52. The predicted molar refractivity (Wildman–Crippen MR) is 105 cm³/mol. The fourth-order valence-corrected chi connectivity index (χ4v) is 4.28. The van der Waals surface area contributed by atoms with Crippen LogP contribution in [0.1, 0.15) is 27.8 Å². The van der Waals surface area contributed by atoms with Gasteiger partial charge >= 0.3 is 12.8 Å². The van der Waals surface area contributed by atoms with Crippen LogP contribution in [0.3, 0.4) is 0 Å². The molecule has 2 aromatic heterocycles. The standard InChI is InChI=1S/C21H15F6N5O3/c22-16-12(2-1-3-13(16)21(25,26)27)19(33)32-10-7-31-17(29-30-18(31)15(32)9-34-8-10)14-6-11(4-5-28-14)35-20(23)24/h1-6,10,15,20H,7-9H2/t10-,15-/m1/s1. The molecule has 1 fully saturated rings. The Morgan fingerprint density at radius 3 is 2.71 bits per heavy atom. The fourth-order valence-electron chi connectivity index (χ4n) is 4.28. The minimum absolute atomic E-state index is 0.0296. The second-order valence-corrected chi connectivity index (χ2v) is 7.83. The Labute approximate surface area is 193 Å². The van der Waals surface area contributed by atoms with Crippen molar-refractivity contribution in [1.82, 2.24) is 24.6 Å². The average molecular weight is 499 g/mol. The van der Waals surface area contributed by atoms with E-state index in [1.807, 2.05) is 0 Å². The van der Waals surface area contributed by atoms with Gasteiger partial charge in [-0.2, -0.15) is 22.0 Å². The highest BCUT2D eigenvalue weighted by atomic mass is 19.4. The van der Waals surface area contributed by atoms with Crippen molar-refractivity contribution in [2.24, 2.45) is 0 Å². The van der Waals surface area contributed by atoms with E-state index < -0.39 is 47.7 Å². The number of hydrogen-bond donors (Lipinski definition) is 0. The maximum Gasteiger partial charge on any atom is 0.419 e. The third-order valence-electron chi connectivity index (χ3n) is 5.74. The van der Waals surface area contributed by atoms with Crippen molar-refractivity contribution >= 4 is 5.91 Å². The minimum Gasteiger partial charge on any atom is -0.435 e. The van der Waals surface area contributed by atoms with E-state index in [4.69, 9.17) is 4.74 Å². The lowest BCUT2D eigenvalue weighted by atomic mass is 10.0. The fraction of sp³-hybridized carbons (Fsp3) is 0.333. The maximum atomic E-state index is 14.7. The highest BCUT2D eigenvalue weighted by Crippen LogP contribution is 2.38. The summed E-state index contributed by atoms with van der Waals surface area (Å²) in [5.74, 6) is -2.28. The van der Waals surface area contributed by atoms with Crippen LogP contribution < -0.4 is 4.74 Å². The van der Waals surface area contributed by atoms with Crippen LogP contribution >= 0.6 is 0 Å². The number of hydrogen-bond acceptors (Lipinski definition) is 6. The Hall–Kier alpha value is -3.68. The highest BCUT2D eigenvalue weighted by Gasteiger charge is 2.45. The molecule has 4 heterocycles. The third kappa shape index (κ3) is 4.07. The molecule has 0 unspecified atom stereocenters. The van der Waals surface area contributed by atoms with E-state index >= 15 is 0 Å². The molecular formula is C21H15F6N5O3. The van der Waals surface area contributed by atoms with Gasteiger partial charge in [0.15, 0.2) is 11.6 Å². The van der Waals surface area contributed by atoms with Crippen LogP contribution in [0, 0.1) is 5.82 Å². The Morgan fingerprint density at radius 1 is 1.17 bits per heavy atom. The number of ether oxygens (including phenoxy) is 2. The normalized spacial score (nSPS) is 19.6. The first-order valence-corrected chi connectivity index (χ1v) is 10.3. The van der Waals surface area contributed by atoms with Gasteiger partial charge in [0.25, 0.3) is 5.91 Å². The van der Waals surface area contributed by atoms with Crippen molar-refractivity contribution in [3.05, 3.63) is 59.3 Å². The van der Waals surface area contributed by atoms with Crippen molar-refractivity contribution < 1.29 is 40.6 Å². The molecular weight excluding hydrogens is 484 g/mol. The number of alkyl halides is 5. The lowest BCUT2D eigenvalue weighted by Gasteiger charge is -2.45. The zero-order valence-electron chi connectivity index (χ0n) is 17.5. The van der Waals surface area contributed by atoms with Gasteiger partial charge < -0.3 is 18.9 Å². The quantitative estimate of drug-likeness (QED) is 0.510. The number of rotatable bonds is 4. The molecule has 35 heavy (non-hydrogen) atoms. The van der Waals surface area contributed by atoms with Crippen LogP contribution in [-0.2, 0) is 17.5 Å². The van der Waals surface area contributed by atoms with Gasteiger partial charge in [0.2, 0.25) is 0 Å². The van der Waals surface area contributed by atoms with E-state index in [1.165, 1.54) is 23.2 Å². The number of fused-ring (bicyclic) bond motifs is 4. The summed E-state index contributed by atoms with van der Waals surface area (Å²) in [5, 5.41) is 8.16. The van der Waals surface area contributed by atoms with Gasteiger partial charge in [0, 0.05) is 18.8 Å². The van der Waals surface area contributed by atoms with Crippen molar-refractivity contribution in [3.63, 3.8) is 0 Å². The van der Waals surface area contributed by atoms with E-state index in [-0.39, 0.29) is 42.9 Å². The van der Waals surface area contributed by atoms with Crippen LogP contribution in [0.25, 0.3) is 11.5 Å². The largest absolute Gasteiger partial charge is 0.435 e. The van der Waals surface area contributed by atoms with Gasteiger partial charge in [0.05, 0.1) is 30.4 Å². The van der Waals surface area contributed by atoms with Crippen LogP contribution in [0.15, 0.2) is 36.5 Å². The van der Waals surface area contributed by atoms with Crippen molar-refractivity contribution in [2.75, 3.05) is 13.2 Å². The molecule has 2 atom stereocenters. The average Bonchev–Trinajstić information content (AvgIpc) is 3.21. The number of halogens is 6. The van der Waals surface area contributed by atoms with Gasteiger partial charge in [-0.25, -0.2) is 4.39 Å². The molecule has 5 rings (SSSR count). The van der Waals surface area contributed by atoms with Crippen LogP contribution in [0.5, 0.6) is 5.75 Å². The number of carbonyl (C=O) groups excluding carboxylic acids is 1. The Balaban J connectivity index is 1.51. The summed E-state index contributed by atoms with van der Waals surface area (Å²) in [6.07, 6.45) is -3.71. The molecule has 2 aliphatic heterocycles. The highest BCUT2D eigenvalue weighted by molar-refractivity contribution is 5.95. The van der Waals surface area contributed by atoms with E-state index in [9.17, 15) is 31.1 Å². The molecule has 8 nitrogen and oxygen atoms in total. The molecule has 0 saturated carbocycles. The van der Waals surface area contributed by atoms with Crippen molar-refractivity contribution in [1.29, 1.82) is 0 Å². The van der Waals surface area contributed by atoms with Crippen LogP contribution in [-0.4, -0.2) is 56.4 Å². The molecule has 1 aromatic carbocycles. The van der Waals surface area contributed by atoms with E-state index in [0.717, 1.165) is 12.1 Å². The van der Waals surface area contributed by atoms with Crippen LogP contribution in [0.2, 0.25) is 0 Å². The smallest absolute Gasteiger partial charge is 0.419 e. The molecule has 3 aromatic rings. The van der Waals surface area contributed by atoms with E-state index in [0.29, 0.717) is 6.07 Å². The molecule has 14 heteroatoms. The topological polar surface area (TPSA) is 82.4 Å². The second-order valence-electron chi connectivity index (χ2n) is 7.83. The van der Waals surface area contributed by atoms with Gasteiger partial charge in [-0.05, 0) is 18.2 Å². The van der Waals surface area contributed by atoms with Crippen molar-refractivity contribution in [2.45, 2.75) is 31.4 Å². The SMILES string of the molecule is O=C(c1cccc(C(F)(F)F)c1F)N1[C@H]2COC[C@@H]1c1nnc(-c3cc(OC(F)F)ccn3)n1C2. The summed E-state index contributed by atoms with van der Waals surface area (Å²) in [6.45, 7) is -3.00. The van der Waals surface area contributed by atoms with E-state index in [1.54, 1.807) is 4.57 Å². The first kappa shape index (κ1) is 23.1. The Kier molecular flexibility index (Phi) is 5.62. The first-order valence-electron chi connectivity index (χ1n) is 10.3. The molecule has 0 radical (unpaired) electrons. The molecule has 0 spiro atoms. The number of aromatic nitrogens is 4. The van der Waals surface area contributed by atoms with Crippen molar-refractivity contribution in [3.8, 4) is 17.3 Å². The molecule has 1 saturated heterocycles. The zero-order valence-corrected chi connectivity index (χ0v) is 17.5. The number of benzene rings is 1. The summed E-state index contributed by atoms with van der Waals surface area (Å²) in [7, 11) is 0. The molecule has 2 bridgehead atoms. The summed E-state index contributed by atoms with van der Waals surface area (Å²) < 4.78 is 90.9. The summed E-state index contributed by atoms with van der Waals surface area (Å²) >= 11 is 0. The Bertz CT molecular complexity index is 1280. The Morgan fingerprint density at radius 2 is 1.97 bits per heavy atom. The van der Waals surface area contributed by atoms with Gasteiger partial charge in [-0.15, -0.1) is 10.2 Å². The molecule has 184 valence electrons. The zero-order chi connectivity index (χ0) is 24.9. The summed E-state index contributed by atoms with van der Waals surface area (Å²) in [6, 6.07) is 3.47. The molecule has 0 N–H and O–H groups in total. The molecule has 0 aliphatic carbocycles. The summed E-state index contributed by atoms with van der Waals surface area (Å²) in [5.41, 5.74) is -2.07. The molecule has 1 amide bonds. The van der Waals surface area contributed by atoms with Crippen LogP contribution in [0.4, 0.5) is 26.3 Å². The maximum absolute atomic E-state index is 14.7. The lowest BCUT2D eigenvalue weighted by Crippen LogP contribution is -2.56. The number of nitrogens with zero attached hydrogens (tertiary/aromatic N) is 5. The van der Waals surface area contributed by atoms with Gasteiger partial charge in [0.1, 0.15) is 23.3 Å².